The van der Waals surface area contributed by atoms with Crippen LogP contribution in [-0.4, -0.2) is 103 Å². The fourth-order valence-corrected chi connectivity index (χ4v) is 6.84. The summed E-state index contributed by atoms with van der Waals surface area (Å²) in [4.78, 5) is 53.0. The fourth-order valence-electron chi connectivity index (χ4n) is 6.84. The van der Waals surface area contributed by atoms with E-state index in [0.29, 0.717) is 12.8 Å². The van der Waals surface area contributed by atoms with Crippen LogP contribution >= 0.6 is 0 Å². The SMILES string of the molecule is CCC(=O)OC1C(OC2C(CC=O)CC(C)C(=O)/C=C/C3(C)OC3C(C)C(CC)OC(=O)CC(O)C2C)OC(C)CC1N(C)C. The smallest absolute Gasteiger partial charge is 0.308 e. The highest BCUT2D eigenvalue weighted by atomic mass is 16.7. The van der Waals surface area contributed by atoms with Crippen molar-refractivity contribution in [1.29, 1.82) is 0 Å². The van der Waals surface area contributed by atoms with E-state index < -0.39 is 66.0 Å². The van der Waals surface area contributed by atoms with Crippen molar-refractivity contribution in [3.05, 3.63) is 12.2 Å². The second-order valence-corrected chi connectivity index (χ2v) is 13.7. The molecule has 2 saturated heterocycles. The van der Waals surface area contributed by atoms with Crippen LogP contribution in [0.15, 0.2) is 12.2 Å². The molecule has 0 aromatic carbocycles. The van der Waals surface area contributed by atoms with Gasteiger partial charge in [0.15, 0.2) is 18.2 Å². The van der Waals surface area contributed by atoms with Gasteiger partial charge in [-0.25, -0.2) is 0 Å². The number of allylic oxidation sites excluding steroid dienone is 1. The maximum absolute atomic E-state index is 13.3. The molecular weight excluding hydrogens is 582 g/mol. The molecule has 3 rings (SSSR count). The zero-order valence-corrected chi connectivity index (χ0v) is 28.5. The van der Waals surface area contributed by atoms with Gasteiger partial charge in [0.25, 0.3) is 0 Å². The number of fused-ring (bicyclic) bond motifs is 1. The van der Waals surface area contributed by atoms with Crippen LogP contribution in [0.4, 0.5) is 0 Å². The molecule has 11 nitrogen and oxygen atoms in total. The normalized spacial score (nSPS) is 42.4. The molecular formula is C34H55NO10. The van der Waals surface area contributed by atoms with Crippen LogP contribution in [0.25, 0.3) is 0 Å². The summed E-state index contributed by atoms with van der Waals surface area (Å²) >= 11 is 0. The summed E-state index contributed by atoms with van der Waals surface area (Å²) < 4.78 is 30.6. The highest BCUT2D eigenvalue weighted by molar-refractivity contribution is 5.91. The molecule has 1 N–H and O–H groups in total. The maximum atomic E-state index is 13.3. The van der Waals surface area contributed by atoms with Crippen LogP contribution in [0.5, 0.6) is 0 Å². The van der Waals surface area contributed by atoms with Crippen molar-refractivity contribution in [2.24, 2.45) is 23.7 Å². The number of cyclic esters (lactones) is 1. The lowest BCUT2D eigenvalue weighted by Crippen LogP contribution is -2.57. The molecule has 0 spiro atoms. The van der Waals surface area contributed by atoms with Crippen LogP contribution < -0.4 is 0 Å². The van der Waals surface area contributed by atoms with Crippen molar-refractivity contribution < 1.29 is 48.0 Å². The Balaban J connectivity index is 2.01. The molecule has 11 heteroatoms. The van der Waals surface area contributed by atoms with Gasteiger partial charge in [0.1, 0.15) is 18.0 Å². The molecule has 13 atom stereocenters. The number of hydrogen-bond acceptors (Lipinski definition) is 11. The predicted octanol–water partition coefficient (Wildman–Crippen LogP) is 3.63. The molecule has 0 aromatic heterocycles. The number of ketones is 1. The van der Waals surface area contributed by atoms with Gasteiger partial charge in [-0.1, -0.05) is 34.6 Å². The number of likely N-dealkylation sites (N-methyl/N-ethyl adjacent to an activating group) is 1. The summed E-state index contributed by atoms with van der Waals surface area (Å²) in [5.41, 5.74) is -0.656. The van der Waals surface area contributed by atoms with E-state index in [1.54, 1.807) is 26.8 Å². The number of hydrogen-bond donors (Lipinski definition) is 1. The van der Waals surface area contributed by atoms with Crippen molar-refractivity contribution in [3.8, 4) is 0 Å². The largest absolute Gasteiger partial charge is 0.462 e. The zero-order chi connectivity index (χ0) is 33.6. The quantitative estimate of drug-likeness (QED) is 0.237. The maximum Gasteiger partial charge on any atom is 0.308 e. The summed E-state index contributed by atoms with van der Waals surface area (Å²) in [5.74, 6) is -2.87. The van der Waals surface area contributed by atoms with E-state index in [9.17, 15) is 24.3 Å². The highest BCUT2D eigenvalue weighted by Gasteiger charge is 2.55. The molecule has 13 unspecified atom stereocenters. The summed E-state index contributed by atoms with van der Waals surface area (Å²) in [6.07, 6.45) is 0.746. The average Bonchev–Trinajstić information content (AvgIpc) is 3.67. The van der Waals surface area contributed by atoms with Gasteiger partial charge in [-0.2, -0.15) is 0 Å². The first-order valence-corrected chi connectivity index (χ1v) is 16.5. The van der Waals surface area contributed by atoms with Crippen molar-refractivity contribution in [1.82, 2.24) is 4.90 Å². The first-order valence-electron chi connectivity index (χ1n) is 16.5. The summed E-state index contributed by atoms with van der Waals surface area (Å²) in [6.45, 7) is 13.0. The monoisotopic (exact) mass is 637 g/mol. The van der Waals surface area contributed by atoms with Crippen molar-refractivity contribution in [2.75, 3.05) is 14.1 Å². The van der Waals surface area contributed by atoms with E-state index in [1.165, 1.54) is 6.08 Å². The van der Waals surface area contributed by atoms with Crippen LogP contribution in [0.2, 0.25) is 0 Å². The first kappa shape index (κ1) is 37.3. The van der Waals surface area contributed by atoms with E-state index in [-0.39, 0.29) is 55.6 Å². The van der Waals surface area contributed by atoms with Crippen LogP contribution in [-0.2, 0) is 42.9 Å². The first-order chi connectivity index (χ1) is 21.1. The molecule has 0 bridgehead atoms. The Morgan fingerprint density at radius 1 is 1.11 bits per heavy atom. The Kier molecular flexibility index (Phi) is 13.3. The number of carbonyl (C=O) groups is 4. The van der Waals surface area contributed by atoms with Crippen molar-refractivity contribution >= 4 is 24.0 Å². The Hall–Kier alpha value is -2.18. The second-order valence-electron chi connectivity index (χ2n) is 13.7. The number of carbonyl (C=O) groups excluding carboxylic acids is 4. The Bertz CT molecular complexity index is 1060. The number of esters is 2. The molecule has 2 fully saturated rings. The van der Waals surface area contributed by atoms with Gasteiger partial charge in [0.05, 0.1) is 36.9 Å². The van der Waals surface area contributed by atoms with Gasteiger partial charge in [-0.05, 0) is 65.3 Å². The van der Waals surface area contributed by atoms with Crippen LogP contribution in [0, 0.1) is 23.7 Å². The van der Waals surface area contributed by atoms with Crippen LogP contribution in [0.1, 0.15) is 87.0 Å². The van der Waals surface area contributed by atoms with Gasteiger partial charge >= 0.3 is 11.9 Å². The predicted molar refractivity (Wildman–Crippen MR) is 166 cm³/mol. The number of nitrogens with zero attached hydrogens (tertiary/aromatic N) is 1. The summed E-state index contributed by atoms with van der Waals surface area (Å²) in [7, 11) is 3.79. The van der Waals surface area contributed by atoms with Gasteiger partial charge in [0.2, 0.25) is 0 Å². The Morgan fingerprint density at radius 3 is 2.40 bits per heavy atom. The lowest BCUT2D eigenvalue weighted by atomic mass is 9.79. The number of aliphatic hydroxyl groups is 1. The highest BCUT2D eigenvalue weighted by Crippen LogP contribution is 2.45. The molecule has 45 heavy (non-hydrogen) atoms. The van der Waals surface area contributed by atoms with E-state index in [0.717, 1.165) is 6.29 Å². The number of ether oxygens (including phenoxy) is 5. The van der Waals surface area contributed by atoms with Crippen molar-refractivity contribution in [3.63, 3.8) is 0 Å². The summed E-state index contributed by atoms with van der Waals surface area (Å²) in [5, 5.41) is 11.4. The van der Waals surface area contributed by atoms with Gasteiger partial charge in [-0.15, -0.1) is 0 Å². The Labute approximate surface area is 268 Å². The van der Waals surface area contributed by atoms with E-state index in [4.69, 9.17) is 23.7 Å². The minimum Gasteiger partial charge on any atom is -0.462 e. The molecule has 0 saturated carbocycles. The van der Waals surface area contributed by atoms with Gasteiger partial charge in [0, 0.05) is 30.6 Å². The number of aldehydes is 1. The third-order valence-electron chi connectivity index (χ3n) is 9.82. The van der Waals surface area contributed by atoms with Crippen molar-refractivity contribution in [2.45, 2.75) is 142 Å². The molecule has 0 aliphatic carbocycles. The number of epoxide rings is 1. The molecule has 0 aromatic rings. The zero-order valence-electron chi connectivity index (χ0n) is 28.5. The number of aliphatic hydroxyl groups excluding tert-OH is 1. The second kappa shape index (κ2) is 16.1. The molecule has 0 amide bonds. The van der Waals surface area contributed by atoms with E-state index >= 15 is 0 Å². The molecule has 0 radical (unpaired) electrons. The molecule has 256 valence electrons. The molecule has 3 aliphatic rings. The number of rotatable bonds is 8. The molecule has 3 heterocycles. The average molecular weight is 638 g/mol. The third-order valence-corrected chi connectivity index (χ3v) is 9.82. The lowest BCUT2D eigenvalue weighted by Gasteiger charge is -2.45. The Morgan fingerprint density at radius 2 is 1.80 bits per heavy atom. The minimum absolute atomic E-state index is 0.0463. The minimum atomic E-state index is -1.19. The standard InChI is InChI=1S/C34H55NO10/c1-10-27-22(6)32-34(7,45-32)14-12-25(37)19(3)16-23(13-15-36)30(21(5)26(38)18-29(40)42-27)44-33-31(43-28(39)11-2)24(35(8)9)17-20(4)41-33/h12,14-15,19-24,26-27,30-33,38H,10-11,13,16-18H2,1-9H3/b14-12+. The molecule has 3 aliphatic heterocycles. The third kappa shape index (κ3) is 9.44. The van der Waals surface area contributed by atoms with Gasteiger partial charge < -0.3 is 38.5 Å². The summed E-state index contributed by atoms with van der Waals surface area (Å²) in [6, 6.07) is -0.214. The lowest BCUT2D eigenvalue weighted by molar-refractivity contribution is -0.286. The van der Waals surface area contributed by atoms with Crippen LogP contribution in [0.3, 0.4) is 0 Å². The van der Waals surface area contributed by atoms with E-state index in [2.05, 4.69) is 0 Å². The fraction of sp³-hybridized carbons (Fsp3) is 0.824. The topological polar surface area (TPSA) is 141 Å². The van der Waals surface area contributed by atoms with E-state index in [1.807, 2.05) is 46.7 Å². The van der Waals surface area contributed by atoms with Gasteiger partial charge in [-0.3, -0.25) is 14.4 Å².